The Hall–Kier alpha value is -1.55. The number of carbonyl (C=O) groups excluding carboxylic acids is 1. The largest absolute Gasteiger partial charge is 0.496 e. The molecule has 1 saturated heterocycles. The van der Waals surface area contributed by atoms with E-state index >= 15 is 0 Å². The van der Waals surface area contributed by atoms with Crippen LogP contribution in [0.5, 0.6) is 5.75 Å². The van der Waals surface area contributed by atoms with Gasteiger partial charge in [0.2, 0.25) is 5.91 Å². The zero-order valence-corrected chi connectivity index (χ0v) is 11.9. The lowest BCUT2D eigenvalue weighted by Gasteiger charge is -2.22. The summed E-state index contributed by atoms with van der Waals surface area (Å²) in [5.41, 5.74) is 2.91. The maximum Gasteiger partial charge on any atom is 0.228 e. The molecule has 0 aliphatic carbocycles. The van der Waals surface area contributed by atoms with Gasteiger partial charge < -0.3 is 15.4 Å². The van der Waals surface area contributed by atoms with Crippen molar-refractivity contribution in [3.63, 3.8) is 0 Å². The van der Waals surface area contributed by atoms with Crippen LogP contribution in [-0.4, -0.2) is 26.1 Å². The first-order valence-electron chi connectivity index (χ1n) is 6.79. The first-order valence-corrected chi connectivity index (χ1v) is 6.79. The van der Waals surface area contributed by atoms with Crippen molar-refractivity contribution in [3.8, 4) is 5.75 Å². The molecule has 0 spiro atoms. The number of rotatable bonds is 3. The van der Waals surface area contributed by atoms with Gasteiger partial charge >= 0.3 is 0 Å². The van der Waals surface area contributed by atoms with E-state index in [4.69, 9.17) is 4.74 Å². The van der Waals surface area contributed by atoms with E-state index in [0.29, 0.717) is 0 Å². The first-order chi connectivity index (χ1) is 9.13. The minimum atomic E-state index is 0.0699. The Morgan fingerprint density at radius 3 is 2.84 bits per heavy atom. The van der Waals surface area contributed by atoms with Gasteiger partial charge in [0.25, 0.3) is 0 Å². The van der Waals surface area contributed by atoms with Crippen molar-refractivity contribution in [1.82, 2.24) is 5.32 Å². The van der Waals surface area contributed by atoms with Gasteiger partial charge in [-0.05, 0) is 44.9 Å². The Balaban J connectivity index is 2.12. The second-order valence-corrected chi connectivity index (χ2v) is 5.12. The van der Waals surface area contributed by atoms with E-state index in [1.54, 1.807) is 7.11 Å². The number of amides is 1. The Morgan fingerprint density at radius 1 is 1.42 bits per heavy atom. The lowest BCUT2D eigenvalue weighted by Crippen LogP contribution is -2.37. The van der Waals surface area contributed by atoms with Crippen molar-refractivity contribution in [3.05, 3.63) is 23.3 Å². The predicted molar refractivity (Wildman–Crippen MR) is 76.7 cm³/mol. The minimum absolute atomic E-state index is 0.0699. The molecule has 0 radical (unpaired) electrons. The van der Waals surface area contributed by atoms with Gasteiger partial charge in [0, 0.05) is 17.8 Å². The van der Waals surface area contributed by atoms with Crippen LogP contribution in [-0.2, 0) is 4.79 Å². The quantitative estimate of drug-likeness (QED) is 0.878. The molecule has 1 aromatic rings. The van der Waals surface area contributed by atoms with Crippen LogP contribution in [0, 0.1) is 19.8 Å². The van der Waals surface area contributed by atoms with Crippen molar-refractivity contribution < 1.29 is 9.53 Å². The van der Waals surface area contributed by atoms with Crippen LogP contribution in [0.1, 0.15) is 24.0 Å². The summed E-state index contributed by atoms with van der Waals surface area (Å²) in [6, 6.07) is 3.92. The topological polar surface area (TPSA) is 50.4 Å². The average molecular weight is 262 g/mol. The van der Waals surface area contributed by atoms with E-state index in [-0.39, 0.29) is 11.8 Å². The molecule has 1 amide bonds. The molecule has 1 atom stereocenters. The van der Waals surface area contributed by atoms with Crippen LogP contribution in [0.4, 0.5) is 5.69 Å². The zero-order valence-electron chi connectivity index (χ0n) is 11.9. The molecule has 19 heavy (non-hydrogen) atoms. The van der Waals surface area contributed by atoms with Crippen LogP contribution >= 0.6 is 0 Å². The molecule has 0 aromatic heterocycles. The summed E-state index contributed by atoms with van der Waals surface area (Å²) in [5, 5.41) is 6.29. The summed E-state index contributed by atoms with van der Waals surface area (Å²) < 4.78 is 5.38. The molecule has 0 saturated carbocycles. The van der Waals surface area contributed by atoms with Crippen LogP contribution in [0.3, 0.4) is 0 Å². The fraction of sp³-hybridized carbons (Fsp3) is 0.533. The lowest BCUT2D eigenvalue weighted by atomic mass is 9.98. The molecule has 1 aliphatic rings. The van der Waals surface area contributed by atoms with Crippen molar-refractivity contribution in [2.45, 2.75) is 26.7 Å². The number of hydrogen-bond acceptors (Lipinski definition) is 3. The van der Waals surface area contributed by atoms with E-state index in [0.717, 1.165) is 48.5 Å². The Morgan fingerprint density at radius 2 is 2.21 bits per heavy atom. The highest BCUT2D eigenvalue weighted by Gasteiger charge is 2.21. The number of piperidine rings is 1. The number of methoxy groups -OCH3 is 1. The van der Waals surface area contributed by atoms with Gasteiger partial charge in [-0.3, -0.25) is 4.79 Å². The van der Waals surface area contributed by atoms with E-state index in [1.165, 1.54) is 0 Å². The maximum atomic E-state index is 12.2. The van der Waals surface area contributed by atoms with Crippen molar-refractivity contribution >= 4 is 11.6 Å². The smallest absolute Gasteiger partial charge is 0.228 e. The number of carbonyl (C=O) groups is 1. The van der Waals surface area contributed by atoms with E-state index < -0.39 is 0 Å². The van der Waals surface area contributed by atoms with Crippen LogP contribution in [0.15, 0.2) is 12.1 Å². The van der Waals surface area contributed by atoms with Gasteiger partial charge in [-0.25, -0.2) is 0 Å². The van der Waals surface area contributed by atoms with Gasteiger partial charge in [-0.2, -0.15) is 0 Å². The zero-order chi connectivity index (χ0) is 13.8. The molecule has 0 unspecified atom stereocenters. The SMILES string of the molecule is COc1c(C)ccc(NC(=O)[C@@H]2CCCNC2)c1C. The molecule has 1 aromatic carbocycles. The standard InChI is InChI=1S/C15H22N2O2/c1-10-6-7-13(11(2)14(10)19-3)17-15(18)12-5-4-8-16-9-12/h6-7,12,16H,4-5,8-9H2,1-3H3,(H,17,18)/t12-/m1/s1. The summed E-state index contributed by atoms with van der Waals surface area (Å²) in [4.78, 5) is 12.2. The van der Waals surface area contributed by atoms with Crippen molar-refractivity contribution in [2.24, 2.45) is 5.92 Å². The van der Waals surface area contributed by atoms with E-state index in [2.05, 4.69) is 10.6 Å². The summed E-state index contributed by atoms with van der Waals surface area (Å²) >= 11 is 0. The molecule has 2 rings (SSSR count). The lowest BCUT2D eigenvalue weighted by molar-refractivity contribution is -0.120. The maximum absolute atomic E-state index is 12.2. The highest BCUT2D eigenvalue weighted by molar-refractivity contribution is 5.93. The monoisotopic (exact) mass is 262 g/mol. The van der Waals surface area contributed by atoms with Gasteiger partial charge in [-0.1, -0.05) is 6.07 Å². The third kappa shape index (κ3) is 3.07. The van der Waals surface area contributed by atoms with Crippen LogP contribution < -0.4 is 15.4 Å². The molecule has 4 heteroatoms. The predicted octanol–water partition coefficient (Wildman–Crippen LogP) is 2.25. The van der Waals surface area contributed by atoms with Gasteiger partial charge in [0.05, 0.1) is 13.0 Å². The molecule has 1 fully saturated rings. The molecular weight excluding hydrogens is 240 g/mol. The average Bonchev–Trinajstić information content (AvgIpc) is 2.43. The van der Waals surface area contributed by atoms with Crippen molar-refractivity contribution in [2.75, 3.05) is 25.5 Å². The number of hydrogen-bond donors (Lipinski definition) is 2. The normalized spacial score (nSPS) is 19.0. The first kappa shape index (κ1) is 13.9. The van der Waals surface area contributed by atoms with Gasteiger partial charge in [0.15, 0.2) is 0 Å². The summed E-state index contributed by atoms with van der Waals surface area (Å²) in [5.74, 6) is 1.02. The molecule has 1 heterocycles. The summed E-state index contributed by atoms with van der Waals surface area (Å²) in [6.45, 7) is 5.76. The molecular formula is C15H22N2O2. The Kier molecular flexibility index (Phi) is 4.43. The molecule has 2 N–H and O–H groups in total. The second kappa shape index (κ2) is 6.06. The summed E-state index contributed by atoms with van der Waals surface area (Å²) in [6.07, 6.45) is 2.02. The number of ether oxygens (including phenoxy) is 1. The van der Waals surface area contributed by atoms with Gasteiger partial charge in [-0.15, -0.1) is 0 Å². The summed E-state index contributed by atoms with van der Waals surface area (Å²) in [7, 11) is 1.66. The van der Waals surface area contributed by atoms with Gasteiger partial charge in [0.1, 0.15) is 5.75 Å². The van der Waals surface area contributed by atoms with E-state index in [1.807, 2.05) is 26.0 Å². The molecule has 0 bridgehead atoms. The number of nitrogens with one attached hydrogen (secondary N) is 2. The molecule has 1 aliphatic heterocycles. The van der Waals surface area contributed by atoms with E-state index in [9.17, 15) is 4.79 Å². The van der Waals surface area contributed by atoms with Crippen LogP contribution in [0.2, 0.25) is 0 Å². The third-order valence-electron chi connectivity index (χ3n) is 3.73. The molecule has 104 valence electrons. The fourth-order valence-corrected chi connectivity index (χ4v) is 2.59. The fourth-order valence-electron chi connectivity index (χ4n) is 2.59. The number of anilines is 1. The Bertz CT molecular complexity index is 465. The second-order valence-electron chi connectivity index (χ2n) is 5.12. The Labute approximate surface area is 114 Å². The third-order valence-corrected chi connectivity index (χ3v) is 3.73. The van der Waals surface area contributed by atoms with Crippen LogP contribution in [0.25, 0.3) is 0 Å². The molecule has 4 nitrogen and oxygen atoms in total. The number of aryl methyl sites for hydroxylation is 1. The highest BCUT2D eigenvalue weighted by atomic mass is 16.5. The highest BCUT2D eigenvalue weighted by Crippen LogP contribution is 2.29. The van der Waals surface area contributed by atoms with Crippen molar-refractivity contribution in [1.29, 1.82) is 0 Å². The minimum Gasteiger partial charge on any atom is -0.496 e. The number of benzene rings is 1.